The van der Waals surface area contributed by atoms with Crippen LogP contribution in [0.2, 0.25) is 0 Å². The molecule has 12 rings (SSSR count). The van der Waals surface area contributed by atoms with Gasteiger partial charge in [0.05, 0.1) is 6.85 Å². The van der Waals surface area contributed by atoms with Gasteiger partial charge < -0.3 is 18.8 Å². The zero-order valence-electron chi connectivity index (χ0n) is 45.4. The standard InChI is InChI=1S/C58H41N4O.Pt/c1-36-23-26-46-44-18-8-9-19-45(44)48-21-12-22-54-58(48)61(57-38(3)13-10-20-49(57)50(46)29-36)35-60(54)41-16-11-17-42(32-41)63-43-25-27-47-51-30-37(2)24-28-53(51)62(55(47)33-43)56-31-39(4)52(34-59-56)40-14-6-5-7-15-40;/h5-31,34-35H,1-4H3;/q-3;/i2D3,4D3,5D,6D,7D,14D,15D;. The van der Waals surface area contributed by atoms with Gasteiger partial charge in [-0.25, -0.2) is 4.98 Å². The number of hydrogen-bond acceptors (Lipinski definition) is 3. The van der Waals surface area contributed by atoms with Crippen molar-refractivity contribution in [3.63, 3.8) is 0 Å². The van der Waals surface area contributed by atoms with Gasteiger partial charge in [-0.1, -0.05) is 149 Å². The van der Waals surface area contributed by atoms with Gasteiger partial charge in [0.25, 0.3) is 0 Å². The molecule has 5 nitrogen and oxygen atoms in total. The van der Waals surface area contributed by atoms with Crippen LogP contribution in [-0.2, 0) is 21.1 Å². The Hall–Kier alpha value is -7.33. The molecule has 0 unspecified atom stereocenters. The Morgan fingerprint density at radius 1 is 0.609 bits per heavy atom. The van der Waals surface area contributed by atoms with E-state index in [0.717, 1.165) is 60.2 Å². The zero-order valence-corrected chi connectivity index (χ0v) is 36.6. The number of ether oxygens (including phenoxy) is 1. The van der Waals surface area contributed by atoms with Gasteiger partial charge in [0, 0.05) is 63.8 Å². The van der Waals surface area contributed by atoms with Gasteiger partial charge in [-0.15, -0.1) is 35.7 Å². The van der Waals surface area contributed by atoms with E-state index in [4.69, 9.17) is 19.8 Å². The van der Waals surface area contributed by atoms with E-state index in [1.54, 1.807) is 34.9 Å². The van der Waals surface area contributed by atoms with Crippen LogP contribution in [0, 0.1) is 46.4 Å². The molecule has 11 aromatic rings. The van der Waals surface area contributed by atoms with E-state index in [-0.39, 0.29) is 54.9 Å². The second kappa shape index (κ2) is 15.5. The van der Waals surface area contributed by atoms with Crippen LogP contribution in [0.1, 0.15) is 37.3 Å². The van der Waals surface area contributed by atoms with E-state index in [2.05, 4.69) is 126 Å². The topological polar surface area (TPSA) is 35.2 Å². The van der Waals surface area contributed by atoms with Crippen LogP contribution in [0.5, 0.6) is 11.5 Å². The van der Waals surface area contributed by atoms with Crippen LogP contribution in [-0.4, -0.2) is 14.1 Å². The van der Waals surface area contributed by atoms with Crippen molar-refractivity contribution < 1.29 is 40.9 Å². The molecule has 4 heterocycles. The number of anilines is 2. The Bertz CT molecular complexity index is 4270. The smallest absolute Gasteiger partial charge is 0.135 e. The van der Waals surface area contributed by atoms with Gasteiger partial charge in [0.15, 0.2) is 0 Å². The first kappa shape index (κ1) is 29.1. The fourth-order valence-corrected chi connectivity index (χ4v) is 9.19. The Morgan fingerprint density at radius 3 is 2.17 bits per heavy atom. The van der Waals surface area contributed by atoms with E-state index in [1.165, 1.54) is 18.3 Å². The maximum Gasteiger partial charge on any atom is 0.135 e. The average Bonchev–Trinajstić information content (AvgIpc) is 4.01. The fourth-order valence-electron chi connectivity index (χ4n) is 9.19. The molecular weight excluding hydrogens is 964 g/mol. The Morgan fingerprint density at radius 2 is 1.33 bits per heavy atom. The molecule has 0 fully saturated rings. The van der Waals surface area contributed by atoms with E-state index >= 15 is 0 Å². The SMILES string of the molecule is [2H]c1c([2H])c([2H])c(-c2cnc(-n3c4[c-]c(Oc5[c-]c(N6[CH-]n7c8c(C)cccc8c8cc(C)ccc8c8ccccc8c8cccc6c87)ccc5)ccc4c4cc(C([2H])([2H])[2H])ccc43)cc2C([2H])([2H])[2H])c([2H])c1[2H].[Pt]. The zero-order chi connectivity index (χ0) is 51.7. The van der Waals surface area contributed by atoms with Gasteiger partial charge in [0.2, 0.25) is 0 Å². The molecule has 0 atom stereocenters. The Kier molecular flexibility index (Phi) is 7.04. The summed E-state index contributed by atoms with van der Waals surface area (Å²) in [7, 11) is 0. The normalized spacial score (nSPS) is 14.9. The summed E-state index contributed by atoms with van der Waals surface area (Å²) < 4.78 is 103. The van der Waals surface area contributed by atoms with Crippen molar-refractivity contribution >= 4 is 76.5 Å². The van der Waals surface area contributed by atoms with Crippen molar-refractivity contribution in [3.05, 3.63) is 211 Å². The second-order valence-corrected chi connectivity index (χ2v) is 15.8. The summed E-state index contributed by atoms with van der Waals surface area (Å²) in [6, 6.07) is 47.0. The molecule has 6 heteroatoms. The molecule has 0 amide bonds. The molecule has 0 radical (unpaired) electrons. The number of benzene rings is 8. The summed E-state index contributed by atoms with van der Waals surface area (Å²) >= 11 is 0. The van der Waals surface area contributed by atoms with Crippen LogP contribution in [0.15, 0.2) is 170 Å². The molecule has 0 spiro atoms. The summed E-state index contributed by atoms with van der Waals surface area (Å²) in [5.74, 6) is 0.735. The van der Waals surface area contributed by atoms with E-state index < -0.39 is 43.9 Å². The Labute approximate surface area is 401 Å². The monoisotopic (exact) mass is 1020 g/mol. The molecule has 0 saturated carbocycles. The summed E-state index contributed by atoms with van der Waals surface area (Å²) in [6.07, 6.45) is 1.20. The minimum Gasteiger partial charge on any atom is -0.509 e. The summed E-state index contributed by atoms with van der Waals surface area (Å²) in [5.41, 5.74) is 6.20. The molecule has 1 aliphatic rings. The van der Waals surface area contributed by atoms with Crippen molar-refractivity contribution in [3.8, 4) is 28.4 Å². The molecule has 0 bridgehead atoms. The maximum absolute atomic E-state index is 8.64. The van der Waals surface area contributed by atoms with Crippen molar-refractivity contribution in [2.45, 2.75) is 27.6 Å². The molecule has 0 aliphatic carbocycles. The van der Waals surface area contributed by atoms with E-state index in [9.17, 15) is 0 Å². The quantitative estimate of drug-likeness (QED) is 0.161. The largest absolute Gasteiger partial charge is 0.509 e. The number of rotatable bonds is 5. The third-order valence-electron chi connectivity index (χ3n) is 12.0. The number of pyridine rings is 1. The van der Waals surface area contributed by atoms with Gasteiger partial charge in [-0.2, -0.15) is 12.1 Å². The number of para-hydroxylation sites is 2. The van der Waals surface area contributed by atoms with E-state index in [0.29, 0.717) is 33.2 Å². The minimum absolute atomic E-state index is 0. The number of nitrogens with zero attached hydrogens (tertiary/aromatic N) is 4. The predicted molar refractivity (Wildman–Crippen MR) is 261 cm³/mol. The van der Waals surface area contributed by atoms with Crippen LogP contribution < -0.4 is 9.64 Å². The third kappa shape index (κ3) is 6.33. The first-order valence-electron chi connectivity index (χ1n) is 26.0. The molecule has 64 heavy (non-hydrogen) atoms. The molecule has 0 N–H and O–H groups in total. The number of aryl methyl sites for hydroxylation is 4. The van der Waals surface area contributed by atoms with Crippen LogP contribution in [0.25, 0.3) is 82.1 Å². The van der Waals surface area contributed by atoms with Crippen LogP contribution in [0.3, 0.4) is 0 Å². The third-order valence-corrected chi connectivity index (χ3v) is 12.0. The Balaban J connectivity index is 0.00000602. The fraction of sp³-hybridized carbons (Fsp3) is 0.0690. The number of fused-ring (bicyclic) bond motifs is 10. The number of aromatic nitrogens is 3. The van der Waals surface area contributed by atoms with Gasteiger partial charge in [-0.05, 0) is 107 Å². The first-order chi connectivity index (χ1) is 35.4. The predicted octanol–water partition coefficient (Wildman–Crippen LogP) is 15.1. The van der Waals surface area contributed by atoms with Gasteiger partial charge in [-0.3, -0.25) is 0 Å². The molecule has 0 saturated heterocycles. The average molecular weight is 1020 g/mol. The minimum atomic E-state index is -2.83. The molecule has 1 aliphatic heterocycles. The van der Waals surface area contributed by atoms with Gasteiger partial charge >= 0.3 is 0 Å². The van der Waals surface area contributed by atoms with Gasteiger partial charge in [0.1, 0.15) is 5.82 Å². The van der Waals surface area contributed by atoms with Crippen LogP contribution in [0.4, 0.5) is 11.4 Å². The van der Waals surface area contributed by atoms with E-state index in [1.807, 2.05) is 12.1 Å². The molecular formula is C58H41N4OPt-3. The maximum atomic E-state index is 8.64. The first-order valence-corrected chi connectivity index (χ1v) is 20.5. The number of hydrogen-bond donors (Lipinski definition) is 0. The van der Waals surface area contributed by atoms with Crippen molar-refractivity contribution in [1.29, 1.82) is 0 Å². The van der Waals surface area contributed by atoms with Crippen LogP contribution >= 0.6 is 0 Å². The molecule has 312 valence electrons. The van der Waals surface area contributed by atoms with Crippen molar-refractivity contribution in [1.82, 2.24) is 14.1 Å². The van der Waals surface area contributed by atoms with Crippen molar-refractivity contribution in [2.75, 3.05) is 4.90 Å². The summed E-state index contributed by atoms with van der Waals surface area (Å²) in [4.78, 5) is 6.78. The summed E-state index contributed by atoms with van der Waals surface area (Å²) in [5, 5.41) is 7.82. The molecule has 8 aromatic carbocycles. The molecule has 3 aromatic heterocycles. The second-order valence-electron chi connectivity index (χ2n) is 15.8. The summed E-state index contributed by atoms with van der Waals surface area (Å²) in [6.45, 7) is 1.09. The van der Waals surface area contributed by atoms with Crippen molar-refractivity contribution in [2.24, 2.45) is 0 Å².